The van der Waals surface area contributed by atoms with Crippen LogP contribution in [0, 0.1) is 12.7 Å². The van der Waals surface area contributed by atoms with E-state index in [1.807, 2.05) is 47.7 Å². The number of halogens is 1. The number of hydrogen-bond acceptors (Lipinski definition) is 6. The molecule has 0 fully saturated rings. The standard InChI is InChI=1S/C27H21FN6S/c1-16-7-19(3-5-22(16)28)26-21(18-4-6-23-25(9-18)35-15-33-23)10-20(13-30-26)29-11-17-8-24-27(31-12-17)34(2)14-32-24/h3-10,12-15,29H,11H2,1-2H3. The molecule has 8 heteroatoms. The Morgan fingerprint density at radius 2 is 1.80 bits per heavy atom. The molecule has 0 radical (unpaired) electrons. The fourth-order valence-corrected chi connectivity index (χ4v) is 4.90. The summed E-state index contributed by atoms with van der Waals surface area (Å²) >= 11 is 1.61. The Morgan fingerprint density at radius 3 is 2.69 bits per heavy atom. The monoisotopic (exact) mass is 480 g/mol. The van der Waals surface area contributed by atoms with Crippen LogP contribution in [0.1, 0.15) is 11.1 Å². The third-order valence-corrected chi connectivity index (χ3v) is 6.86. The van der Waals surface area contributed by atoms with E-state index in [2.05, 4.69) is 38.5 Å². The molecule has 4 aromatic heterocycles. The van der Waals surface area contributed by atoms with Crippen molar-refractivity contribution in [3.8, 4) is 22.4 Å². The Labute approximate surface area is 205 Å². The maximum atomic E-state index is 14.0. The highest BCUT2D eigenvalue weighted by Gasteiger charge is 2.13. The van der Waals surface area contributed by atoms with Gasteiger partial charge in [-0.1, -0.05) is 6.07 Å². The number of anilines is 1. The number of benzene rings is 2. The average molecular weight is 481 g/mol. The zero-order valence-electron chi connectivity index (χ0n) is 19.2. The van der Waals surface area contributed by atoms with Gasteiger partial charge in [-0.15, -0.1) is 11.3 Å². The van der Waals surface area contributed by atoms with Gasteiger partial charge in [0, 0.05) is 30.9 Å². The van der Waals surface area contributed by atoms with Crippen LogP contribution >= 0.6 is 11.3 Å². The van der Waals surface area contributed by atoms with Crippen LogP contribution in [0.4, 0.5) is 10.1 Å². The Bertz CT molecular complexity index is 1700. The highest BCUT2D eigenvalue weighted by atomic mass is 32.1. The van der Waals surface area contributed by atoms with Crippen LogP contribution in [0.5, 0.6) is 0 Å². The minimum Gasteiger partial charge on any atom is -0.380 e. The first kappa shape index (κ1) is 21.4. The normalized spacial score (nSPS) is 11.4. The second kappa shape index (κ2) is 8.56. The van der Waals surface area contributed by atoms with E-state index in [0.29, 0.717) is 12.1 Å². The molecular formula is C27H21FN6S. The highest BCUT2D eigenvalue weighted by Crippen LogP contribution is 2.35. The number of imidazole rings is 1. The topological polar surface area (TPSA) is 68.5 Å². The molecule has 2 aromatic carbocycles. The van der Waals surface area contributed by atoms with Crippen LogP contribution in [-0.4, -0.2) is 24.5 Å². The van der Waals surface area contributed by atoms with Crippen molar-refractivity contribution in [2.24, 2.45) is 7.05 Å². The van der Waals surface area contributed by atoms with E-state index in [4.69, 9.17) is 4.98 Å². The molecule has 35 heavy (non-hydrogen) atoms. The van der Waals surface area contributed by atoms with Gasteiger partial charge in [-0.05, 0) is 66.1 Å². The maximum Gasteiger partial charge on any atom is 0.159 e. The lowest BCUT2D eigenvalue weighted by atomic mass is 9.97. The average Bonchev–Trinajstić information content (AvgIpc) is 3.50. The lowest BCUT2D eigenvalue weighted by Crippen LogP contribution is -2.02. The molecule has 172 valence electrons. The summed E-state index contributed by atoms with van der Waals surface area (Å²) in [4.78, 5) is 18.1. The van der Waals surface area contributed by atoms with E-state index in [1.54, 1.807) is 30.7 Å². The predicted molar refractivity (Wildman–Crippen MR) is 139 cm³/mol. The number of nitrogens with zero attached hydrogens (tertiary/aromatic N) is 5. The van der Waals surface area contributed by atoms with Crippen molar-refractivity contribution in [3.05, 3.63) is 89.7 Å². The number of thiazole rings is 1. The highest BCUT2D eigenvalue weighted by molar-refractivity contribution is 7.16. The first-order chi connectivity index (χ1) is 17.0. The number of nitrogens with one attached hydrogen (secondary N) is 1. The third-order valence-electron chi connectivity index (χ3n) is 6.07. The number of rotatable bonds is 5. The van der Waals surface area contributed by atoms with Crippen LogP contribution in [0.25, 0.3) is 43.8 Å². The predicted octanol–water partition coefficient (Wildman–Crippen LogP) is 6.37. The Hall–Kier alpha value is -4.17. The van der Waals surface area contributed by atoms with Gasteiger partial charge in [0.15, 0.2) is 5.65 Å². The molecule has 0 spiro atoms. The van der Waals surface area contributed by atoms with Crippen molar-refractivity contribution in [2.45, 2.75) is 13.5 Å². The second-order valence-electron chi connectivity index (χ2n) is 8.51. The van der Waals surface area contributed by atoms with E-state index in [9.17, 15) is 4.39 Å². The molecule has 0 aliphatic carbocycles. The molecule has 6 rings (SSSR count). The number of hydrogen-bond donors (Lipinski definition) is 1. The van der Waals surface area contributed by atoms with Crippen molar-refractivity contribution in [3.63, 3.8) is 0 Å². The van der Waals surface area contributed by atoms with E-state index in [0.717, 1.165) is 55.0 Å². The first-order valence-electron chi connectivity index (χ1n) is 11.2. The van der Waals surface area contributed by atoms with Crippen LogP contribution < -0.4 is 5.32 Å². The molecule has 0 amide bonds. The van der Waals surface area contributed by atoms with Gasteiger partial charge >= 0.3 is 0 Å². The zero-order chi connectivity index (χ0) is 23.9. The van der Waals surface area contributed by atoms with Gasteiger partial charge in [-0.3, -0.25) is 4.98 Å². The third kappa shape index (κ3) is 4.02. The Morgan fingerprint density at radius 1 is 0.914 bits per heavy atom. The summed E-state index contributed by atoms with van der Waals surface area (Å²) in [7, 11) is 1.93. The summed E-state index contributed by atoms with van der Waals surface area (Å²) in [5, 5.41) is 3.47. The SMILES string of the molecule is Cc1cc(-c2ncc(NCc3cnc4c(c3)ncn4C)cc2-c2ccc3ncsc3c2)ccc1F. The number of aromatic nitrogens is 5. The van der Waals surface area contributed by atoms with Crippen LogP contribution in [0.2, 0.25) is 0 Å². The van der Waals surface area contributed by atoms with Gasteiger partial charge in [0.1, 0.15) is 11.3 Å². The zero-order valence-corrected chi connectivity index (χ0v) is 20.0. The van der Waals surface area contributed by atoms with Gasteiger partial charge in [0.25, 0.3) is 0 Å². The minimum atomic E-state index is -0.224. The first-order valence-corrected chi connectivity index (χ1v) is 12.0. The molecule has 4 heterocycles. The fourth-order valence-electron chi connectivity index (χ4n) is 4.18. The maximum absolute atomic E-state index is 14.0. The number of aryl methyl sites for hydroxylation is 2. The summed E-state index contributed by atoms with van der Waals surface area (Å²) in [6, 6.07) is 15.5. The Kier molecular flexibility index (Phi) is 5.22. The van der Waals surface area contributed by atoms with Gasteiger partial charge in [-0.2, -0.15) is 0 Å². The van der Waals surface area contributed by atoms with E-state index >= 15 is 0 Å². The lowest BCUT2D eigenvalue weighted by Gasteiger charge is -2.14. The van der Waals surface area contributed by atoms with Gasteiger partial charge in [-0.25, -0.2) is 19.3 Å². The van der Waals surface area contributed by atoms with Crippen LogP contribution in [0.15, 0.2) is 72.8 Å². The summed E-state index contributed by atoms with van der Waals surface area (Å²) in [6.07, 6.45) is 5.44. The van der Waals surface area contributed by atoms with Crippen molar-refractivity contribution in [2.75, 3.05) is 5.32 Å². The Balaban J connectivity index is 1.38. The summed E-state index contributed by atoms with van der Waals surface area (Å²) in [5.41, 5.74) is 10.7. The van der Waals surface area contributed by atoms with Crippen LogP contribution in [0.3, 0.4) is 0 Å². The largest absolute Gasteiger partial charge is 0.380 e. The molecule has 1 N–H and O–H groups in total. The second-order valence-corrected chi connectivity index (χ2v) is 9.40. The van der Waals surface area contributed by atoms with Gasteiger partial charge < -0.3 is 9.88 Å². The summed E-state index contributed by atoms with van der Waals surface area (Å²) in [5.74, 6) is -0.224. The smallest absolute Gasteiger partial charge is 0.159 e. The summed E-state index contributed by atoms with van der Waals surface area (Å²) < 4.78 is 17.0. The summed E-state index contributed by atoms with van der Waals surface area (Å²) in [6.45, 7) is 2.35. The van der Waals surface area contributed by atoms with Crippen molar-refractivity contribution < 1.29 is 4.39 Å². The lowest BCUT2D eigenvalue weighted by molar-refractivity contribution is 0.619. The van der Waals surface area contributed by atoms with E-state index < -0.39 is 0 Å². The molecule has 0 aliphatic heterocycles. The molecule has 0 unspecified atom stereocenters. The minimum absolute atomic E-state index is 0.224. The van der Waals surface area contributed by atoms with Crippen molar-refractivity contribution in [1.29, 1.82) is 0 Å². The molecule has 0 saturated carbocycles. The van der Waals surface area contributed by atoms with E-state index in [1.165, 1.54) is 6.07 Å². The molecule has 0 bridgehead atoms. The van der Waals surface area contributed by atoms with Crippen molar-refractivity contribution in [1.82, 2.24) is 24.5 Å². The molecule has 0 atom stereocenters. The molecule has 6 nitrogen and oxygen atoms in total. The fraction of sp³-hybridized carbons (Fsp3) is 0.111. The number of pyridine rings is 2. The molecule has 0 aliphatic rings. The molecule has 0 saturated heterocycles. The van der Waals surface area contributed by atoms with Gasteiger partial charge in [0.2, 0.25) is 0 Å². The quantitative estimate of drug-likeness (QED) is 0.311. The molecular weight excluding hydrogens is 459 g/mol. The van der Waals surface area contributed by atoms with Gasteiger partial charge in [0.05, 0.1) is 39.6 Å². The van der Waals surface area contributed by atoms with Crippen LogP contribution in [-0.2, 0) is 13.6 Å². The number of fused-ring (bicyclic) bond motifs is 2. The van der Waals surface area contributed by atoms with E-state index in [-0.39, 0.29) is 5.82 Å². The molecule has 6 aromatic rings. The van der Waals surface area contributed by atoms with Crippen molar-refractivity contribution >= 4 is 38.4 Å².